The molecule has 0 saturated carbocycles. The van der Waals surface area contributed by atoms with Crippen molar-refractivity contribution in [1.82, 2.24) is 5.32 Å². The first-order valence-electron chi connectivity index (χ1n) is 5.68. The topological polar surface area (TPSA) is 33.0 Å². The number of hydrogen-bond acceptors (Lipinski definition) is 1. The summed E-state index contributed by atoms with van der Waals surface area (Å²) in [6.07, 6.45) is 3.92. The number of rotatable bonds is 4. The van der Waals surface area contributed by atoms with Crippen molar-refractivity contribution in [3.8, 4) is 0 Å². The van der Waals surface area contributed by atoms with Crippen LogP contribution < -0.4 is 9.88 Å². The van der Waals surface area contributed by atoms with Gasteiger partial charge < -0.3 is 5.32 Å². The minimum Gasteiger partial charge on any atom is -0.346 e. The Labute approximate surface area is 112 Å². The van der Waals surface area contributed by atoms with Crippen molar-refractivity contribution < 1.29 is 9.36 Å². The number of carbonyl (C=O) groups excluding carboxylic acids is 1. The van der Waals surface area contributed by atoms with Gasteiger partial charge in [0.2, 0.25) is 5.91 Å². The van der Waals surface area contributed by atoms with Gasteiger partial charge in [0.05, 0.1) is 11.0 Å². The van der Waals surface area contributed by atoms with Crippen LogP contribution >= 0.6 is 15.9 Å². The first kappa shape index (κ1) is 15.8. The van der Waals surface area contributed by atoms with Crippen molar-refractivity contribution in [2.24, 2.45) is 0 Å². The van der Waals surface area contributed by atoms with E-state index in [0.717, 1.165) is 11.0 Å². The lowest BCUT2D eigenvalue weighted by Gasteiger charge is -2.01. The number of halogens is 1. The lowest BCUT2D eigenvalue weighted by Crippen LogP contribution is -2.40. The molecule has 1 rings (SSSR count). The predicted molar refractivity (Wildman–Crippen MR) is 73.5 cm³/mol. The summed E-state index contributed by atoms with van der Waals surface area (Å²) < 4.78 is 3.03. The molecule has 0 aliphatic heterocycles. The number of aromatic nitrogens is 1. The Kier molecular flexibility index (Phi) is 8.32. The fourth-order valence-electron chi connectivity index (χ4n) is 1.08. The molecule has 0 saturated heterocycles. The second kappa shape index (κ2) is 8.93. The highest BCUT2D eigenvalue weighted by Gasteiger charge is 2.03. The Balaban J connectivity index is 0.00000121. The summed E-state index contributed by atoms with van der Waals surface area (Å²) in [5.74, 6) is -0.0920. The van der Waals surface area contributed by atoms with Gasteiger partial charge in [-0.25, -0.2) is 4.57 Å². The fourth-order valence-corrected chi connectivity index (χ4v) is 1.49. The number of amides is 1. The standard InChI is InChI=1S/C11H13BrN2O.C2H6/c1-9(2)11(15)13-5-7-14-6-3-4-10(12)8-14;1-2/h3-4,6,8H,1,5,7H2,2H3;1-2H3/p+1. The van der Waals surface area contributed by atoms with Crippen LogP contribution in [0.15, 0.2) is 41.2 Å². The SMILES string of the molecule is C=C(C)C(=O)NCC[n+]1cccc(Br)c1.CC. The van der Waals surface area contributed by atoms with E-state index in [1.54, 1.807) is 6.92 Å². The minimum absolute atomic E-state index is 0.0920. The Bertz CT molecular complexity index is 377. The minimum atomic E-state index is -0.0920. The second-order valence-electron chi connectivity index (χ2n) is 3.30. The van der Waals surface area contributed by atoms with Crippen LogP contribution in [0.4, 0.5) is 0 Å². The normalized spacial score (nSPS) is 8.94. The molecule has 0 bridgehead atoms. The van der Waals surface area contributed by atoms with Crippen LogP contribution in [0.3, 0.4) is 0 Å². The molecule has 17 heavy (non-hydrogen) atoms. The predicted octanol–water partition coefficient (Wildman–Crippen LogP) is 2.46. The zero-order valence-electron chi connectivity index (χ0n) is 10.7. The number of nitrogens with one attached hydrogen (secondary N) is 1. The van der Waals surface area contributed by atoms with Gasteiger partial charge in [-0.3, -0.25) is 4.79 Å². The third-order valence-electron chi connectivity index (χ3n) is 1.87. The lowest BCUT2D eigenvalue weighted by molar-refractivity contribution is -0.695. The number of nitrogens with zero attached hydrogens (tertiary/aromatic N) is 1. The highest BCUT2D eigenvalue weighted by Crippen LogP contribution is 2.02. The van der Waals surface area contributed by atoms with Gasteiger partial charge in [-0.1, -0.05) is 20.4 Å². The molecule has 1 aromatic rings. The summed E-state index contributed by atoms with van der Waals surface area (Å²) in [4.78, 5) is 11.2. The lowest BCUT2D eigenvalue weighted by atomic mass is 10.3. The Morgan fingerprint density at radius 1 is 1.53 bits per heavy atom. The molecule has 0 fully saturated rings. The van der Waals surface area contributed by atoms with E-state index in [-0.39, 0.29) is 5.91 Å². The summed E-state index contributed by atoms with van der Waals surface area (Å²) >= 11 is 3.38. The summed E-state index contributed by atoms with van der Waals surface area (Å²) in [6.45, 7) is 10.6. The van der Waals surface area contributed by atoms with Crippen LogP contribution in [0.25, 0.3) is 0 Å². The highest BCUT2D eigenvalue weighted by molar-refractivity contribution is 9.10. The fraction of sp³-hybridized carbons (Fsp3) is 0.385. The van der Waals surface area contributed by atoms with Crippen molar-refractivity contribution in [3.05, 3.63) is 41.2 Å². The third kappa shape index (κ3) is 6.89. The molecule has 1 aromatic heterocycles. The van der Waals surface area contributed by atoms with Gasteiger partial charge in [-0.15, -0.1) is 0 Å². The summed E-state index contributed by atoms with van der Waals surface area (Å²) in [6, 6.07) is 3.91. The van der Waals surface area contributed by atoms with Crippen LogP contribution in [-0.4, -0.2) is 12.5 Å². The Hall–Kier alpha value is -1.16. The summed E-state index contributed by atoms with van der Waals surface area (Å²) in [5.41, 5.74) is 0.536. The van der Waals surface area contributed by atoms with Crippen molar-refractivity contribution in [2.75, 3.05) is 6.54 Å². The molecule has 0 aliphatic rings. The molecule has 0 aromatic carbocycles. The van der Waals surface area contributed by atoms with Crippen molar-refractivity contribution in [3.63, 3.8) is 0 Å². The van der Waals surface area contributed by atoms with E-state index < -0.39 is 0 Å². The van der Waals surface area contributed by atoms with Crippen LogP contribution in [0.2, 0.25) is 0 Å². The summed E-state index contributed by atoms with van der Waals surface area (Å²) in [7, 11) is 0. The van der Waals surface area contributed by atoms with Gasteiger partial charge >= 0.3 is 0 Å². The van der Waals surface area contributed by atoms with Gasteiger partial charge in [0, 0.05) is 11.6 Å². The molecular formula is C13H20BrN2O+. The van der Waals surface area contributed by atoms with E-state index in [9.17, 15) is 4.79 Å². The van der Waals surface area contributed by atoms with Gasteiger partial charge in [0.1, 0.15) is 0 Å². The maximum absolute atomic E-state index is 11.2. The van der Waals surface area contributed by atoms with E-state index in [2.05, 4.69) is 27.8 Å². The molecule has 0 aliphatic carbocycles. The molecule has 1 N–H and O–H groups in total. The maximum atomic E-state index is 11.2. The molecular weight excluding hydrogens is 280 g/mol. The van der Waals surface area contributed by atoms with Crippen molar-refractivity contribution in [1.29, 1.82) is 0 Å². The molecule has 0 atom stereocenters. The van der Waals surface area contributed by atoms with E-state index in [0.29, 0.717) is 12.1 Å². The van der Waals surface area contributed by atoms with E-state index in [4.69, 9.17) is 0 Å². The van der Waals surface area contributed by atoms with Gasteiger partial charge in [-0.2, -0.15) is 0 Å². The van der Waals surface area contributed by atoms with Gasteiger partial charge in [0.25, 0.3) is 0 Å². The quantitative estimate of drug-likeness (QED) is 0.672. The monoisotopic (exact) mass is 299 g/mol. The van der Waals surface area contributed by atoms with E-state index in [1.165, 1.54) is 0 Å². The van der Waals surface area contributed by atoms with Crippen LogP contribution in [0.5, 0.6) is 0 Å². The molecule has 94 valence electrons. The average molecular weight is 300 g/mol. The Morgan fingerprint density at radius 2 is 2.18 bits per heavy atom. The molecule has 0 unspecified atom stereocenters. The first-order chi connectivity index (χ1) is 8.09. The largest absolute Gasteiger partial charge is 0.346 e. The molecule has 3 nitrogen and oxygen atoms in total. The molecule has 1 amide bonds. The maximum Gasteiger partial charge on any atom is 0.246 e. The van der Waals surface area contributed by atoms with Crippen molar-refractivity contribution >= 4 is 21.8 Å². The second-order valence-corrected chi connectivity index (χ2v) is 4.21. The summed E-state index contributed by atoms with van der Waals surface area (Å²) in [5, 5.41) is 2.78. The number of hydrogen-bond donors (Lipinski definition) is 1. The van der Waals surface area contributed by atoms with E-state index in [1.807, 2.05) is 42.9 Å². The molecule has 0 radical (unpaired) electrons. The molecule has 0 spiro atoms. The number of carbonyl (C=O) groups is 1. The van der Waals surface area contributed by atoms with Crippen LogP contribution in [0.1, 0.15) is 20.8 Å². The van der Waals surface area contributed by atoms with Crippen LogP contribution in [0, 0.1) is 0 Å². The van der Waals surface area contributed by atoms with Gasteiger partial charge in [-0.05, 0) is 28.9 Å². The number of pyridine rings is 1. The first-order valence-corrected chi connectivity index (χ1v) is 6.47. The molecule has 4 heteroatoms. The average Bonchev–Trinajstić information content (AvgIpc) is 2.31. The Morgan fingerprint density at radius 3 is 2.71 bits per heavy atom. The zero-order valence-corrected chi connectivity index (χ0v) is 12.3. The third-order valence-corrected chi connectivity index (χ3v) is 2.33. The van der Waals surface area contributed by atoms with Gasteiger partial charge in [0.15, 0.2) is 18.9 Å². The van der Waals surface area contributed by atoms with Crippen molar-refractivity contribution in [2.45, 2.75) is 27.3 Å². The van der Waals surface area contributed by atoms with E-state index >= 15 is 0 Å². The highest BCUT2D eigenvalue weighted by atomic mass is 79.9. The zero-order chi connectivity index (χ0) is 13.3. The van der Waals surface area contributed by atoms with Crippen LogP contribution in [-0.2, 0) is 11.3 Å². The molecule has 1 heterocycles. The smallest absolute Gasteiger partial charge is 0.246 e.